The molecule has 0 unspecified atom stereocenters. The second kappa shape index (κ2) is 12.6. The van der Waals surface area contributed by atoms with Crippen LogP contribution >= 0.6 is 0 Å². The fourth-order valence-corrected chi connectivity index (χ4v) is 3.97. The number of methoxy groups -OCH3 is 1. The van der Waals surface area contributed by atoms with Gasteiger partial charge < -0.3 is 23.7 Å². The molecule has 1 aliphatic heterocycles. The lowest BCUT2D eigenvalue weighted by molar-refractivity contribution is -0.272. The average Bonchev–Trinajstić information content (AvgIpc) is 2.88. The van der Waals surface area contributed by atoms with Gasteiger partial charge >= 0.3 is 0 Å². The van der Waals surface area contributed by atoms with Crippen LogP contribution in [0.1, 0.15) is 23.1 Å². The van der Waals surface area contributed by atoms with Gasteiger partial charge in [0.15, 0.2) is 6.29 Å². The molecular weight excluding hydrogens is 416 g/mol. The Morgan fingerprint density at radius 3 is 1.76 bits per heavy atom. The summed E-state index contributed by atoms with van der Waals surface area (Å²) >= 11 is 0. The number of ether oxygens (including phenoxy) is 5. The van der Waals surface area contributed by atoms with Crippen LogP contribution in [0.3, 0.4) is 0 Å². The first-order valence-corrected chi connectivity index (χ1v) is 11.4. The number of rotatable bonds is 11. The molecule has 0 radical (unpaired) electrons. The molecule has 0 aliphatic carbocycles. The summed E-state index contributed by atoms with van der Waals surface area (Å²) in [6.07, 6.45) is -0.545. The summed E-state index contributed by atoms with van der Waals surface area (Å²) in [4.78, 5) is 0. The van der Waals surface area contributed by atoms with Crippen molar-refractivity contribution in [3.8, 4) is 0 Å². The monoisotopic (exact) mass is 448 g/mol. The van der Waals surface area contributed by atoms with E-state index in [0.29, 0.717) is 32.8 Å². The lowest BCUT2D eigenvalue weighted by Crippen LogP contribution is -2.52. The molecule has 1 saturated heterocycles. The molecule has 0 aromatic heterocycles. The highest BCUT2D eigenvalue weighted by atomic mass is 16.7. The van der Waals surface area contributed by atoms with E-state index in [9.17, 15) is 0 Å². The van der Waals surface area contributed by atoms with Gasteiger partial charge in [0, 0.05) is 13.5 Å². The van der Waals surface area contributed by atoms with Crippen molar-refractivity contribution in [2.45, 2.75) is 50.8 Å². The van der Waals surface area contributed by atoms with Crippen LogP contribution in [0.5, 0.6) is 0 Å². The SMILES string of the molecule is CO[C@@H]1C[C@@H](OCc2ccccc2)[C@@H](OCc2ccccc2)[C@@H](COCc2ccccc2)O1. The fourth-order valence-electron chi connectivity index (χ4n) is 3.97. The van der Waals surface area contributed by atoms with Crippen LogP contribution in [0.2, 0.25) is 0 Å². The van der Waals surface area contributed by atoms with E-state index >= 15 is 0 Å². The quantitative estimate of drug-likeness (QED) is 0.407. The molecule has 5 nitrogen and oxygen atoms in total. The van der Waals surface area contributed by atoms with Gasteiger partial charge in [-0.05, 0) is 16.7 Å². The van der Waals surface area contributed by atoms with Gasteiger partial charge in [0.05, 0.1) is 32.5 Å². The minimum atomic E-state index is -0.368. The van der Waals surface area contributed by atoms with E-state index in [2.05, 4.69) is 36.4 Å². The average molecular weight is 449 g/mol. The van der Waals surface area contributed by atoms with Gasteiger partial charge in [-0.2, -0.15) is 0 Å². The summed E-state index contributed by atoms with van der Waals surface area (Å²) in [7, 11) is 1.66. The van der Waals surface area contributed by atoms with Crippen LogP contribution in [0.15, 0.2) is 91.0 Å². The Hall–Kier alpha value is -2.54. The highest BCUT2D eigenvalue weighted by Gasteiger charge is 2.40. The molecule has 4 rings (SSSR count). The molecule has 0 bridgehead atoms. The molecule has 1 aliphatic rings. The lowest BCUT2D eigenvalue weighted by Gasteiger charge is -2.41. The second-order valence-corrected chi connectivity index (χ2v) is 8.17. The first-order valence-electron chi connectivity index (χ1n) is 11.4. The smallest absolute Gasteiger partial charge is 0.160 e. The maximum atomic E-state index is 6.39. The molecule has 174 valence electrons. The normalized spacial score (nSPS) is 22.8. The molecule has 0 saturated carbocycles. The van der Waals surface area contributed by atoms with E-state index in [1.54, 1.807) is 7.11 Å². The Bertz CT molecular complexity index is 919. The highest BCUT2D eigenvalue weighted by molar-refractivity contribution is 5.15. The Morgan fingerprint density at radius 2 is 1.21 bits per heavy atom. The molecule has 3 aromatic carbocycles. The number of benzene rings is 3. The first kappa shape index (κ1) is 23.6. The summed E-state index contributed by atoms with van der Waals surface area (Å²) < 4.78 is 30.5. The predicted octanol–water partition coefficient (Wildman–Crippen LogP) is 5.14. The van der Waals surface area contributed by atoms with E-state index in [-0.39, 0.29) is 24.6 Å². The molecule has 0 amide bonds. The molecule has 5 heteroatoms. The van der Waals surface area contributed by atoms with E-state index in [0.717, 1.165) is 16.7 Å². The van der Waals surface area contributed by atoms with Crippen molar-refractivity contribution in [2.75, 3.05) is 13.7 Å². The highest BCUT2D eigenvalue weighted by Crippen LogP contribution is 2.28. The predicted molar refractivity (Wildman–Crippen MR) is 126 cm³/mol. The summed E-state index contributed by atoms with van der Waals surface area (Å²) in [5, 5.41) is 0. The van der Waals surface area contributed by atoms with Crippen molar-refractivity contribution < 1.29 is 23.7 Å². The lowest BCUT2D eigenvalue weighted by atomic mass is 10.0. The van der Waals surface area contributed by atoms with Gasteiger partial charge in [-0.25, -0.2) is 0 Å². The standard InChI is InChI=1S/C28H32O5/c1-29-27-17-25(31-19-23-13-7-3-8-14-23)28(32-20-24-15-9-4-10-16-24)26(33-27)21-30-18-22-11-5-2-6-12-22/h2-16,25-28H,17-21H2,1H3/t25-,26-,27+,28-/m1/s1. The number of hydrogen-bond donors (Lipinski definition) is 0. The molecule has 1 heterocycles. The van der Waals surface area contributed by atoms with E-state index in [1.807, 2.05) is 54.6 Å². The van der Waals surface area contributed by atoms with Gasteiger partial charge in [0.2, 0.25) is 0 Å². The van der Waals surface area contributed by atoms with Crippen LogP contribution in [-0.4, -0.2) is 38.3 Å². The van der Waals surface area contributed by atoms with E-state index in [4.69, 9.17) is 23.7 Å². The van der Waals surface area contributed by atoms with Crippen LogP contribution in [-0.2, 0) is 43.5 Å². The zero-order valence-electron chi connectivity index (χ0n) is 19.0. The van der Waals surface area contributed by atoms with Gasteiger partial charge in [0.25, 0.3) is 0 Å². The fraction of sp³-hybridized carbons (Fsp3) is 0.357. The molecule has 33 heavy (non-hydrogen) atoms. The first-order chi connectivity index (χ1) is 16.3. The maximum Gasteiger partial charge on any atom is 0.160 e. The summed E-state index contributed by atoms with van der Waals surface area (Å²) in [5.74, 6) is 0. The third kappa shape index (κ3) is 7.22. The topological polar surface area (TPSA) is 46.2 Å². The Balaban J connectivity index is 1.44. The van der Waals surface area contributed by atoms with Gasteiger partial charge in [-0.1, -0.05) is 91.0 Å². The minimum absolute atomic E-state index is 0.182. The summed E-state index contributed by atoms with van der Waals surface area (Å²) in [6.45, 7) is 1.89. The van der Waals surface area contributed by atoms with Crippen molar-refractivity contribution in [1.29, 1.82) is 0 Å². The molecular formula is C28H32O5. The molecule has 3 aromatic rings. The van der Waals surface area contributed by atoms with Crippen LogP contribution < -0.4 is 0 Å². The van der Waals surface area contributed by atoms with Crippen LogP contribution in [0, 0.1) is 0 Å². The summed E-state index contributed by atoms with van der Waals surface area (Å²) in [6, 6.07) is 30.4. The van der Waals surface area contributed by atoms with Crippen molar-refractivity contribution in [3.05, 3.63) is 108 Å². The van der Waals surface area contributed by atoms with Crippen LogP contribution in [0.25, 0.3) is 0 Å². The molecule has 1 fully saturated rings. The number of hydrogen-bond acceptors (Lipinski definition) is 5. The Kier molecular flexibility index (Phi) is 9.04. The van der Waals surface area contributed by atoms with Gasteiger partial charge in [-0.15, -0.1) is 0 Å². The van der Waals surface area contributed by atoms with Gasteiger partial charge in [-0.3, -0.25) is 0 Å². The van der Waals surface area contributed by atoms with Gasteiger partial charge in [0.1, 0.15) is 12.2 Å². The second-order valence-electron chi connectivity index (χ2n) is 8.17. The molecule has 4 atom stereocenters. The Morgan fingerprint density at radius 1 is 0.697 bits per heavy atom. The van der Waals surface area contributed by atoms with Crippen molar-refractivity contribution in [2.24, 2.45) is 0 Å². The minimum Gasteiger partial charge on any atom is -0.374 e. The largest absolute Gasteiger partial charge is 0.374 e. The molecule has 0 N–H and O–H groups in total. The van der Waals surface area contributed by atoms with E-state index < -0.39 is 0 Å². The van der Waals surface area contributed by atoms with Crippen molar-refractivity contribution in [1.82, 2.24) is 0 Å². The van der Waals surface area contributed by atoms with E-state index in [1.165, 1.54) is 0 Å². The van der Waals surface area contributed by atoms with Crippen molar-refractivity contribution in [3.63, 3.8) is 0 Å². The molecule has 0 spiro atoms. The zero-order chi connectivity index (χ0) is 22.7. The maximum absolute atomic E-state index is 6.39. The third-order valence-electron chi connectivity index (χ3n) is 5.73. The summed E-state index contributed by atoms with van der Waals surface area (Å²) in [5.41, 5.74) is 3.35. The Labute approximate surface area is 196 Å². The van der Waals surface area contributed by atoms with Crippen LogP contribution in [0.4, 0.5) is 0 Å². The van der Waals surface area contributed by atoms with Crippen molar-refractivity contribution >= 4 is 0 Å². The third-order valence-corrected chi connectivity index (χ3v) is 5.73. The zero-order valence-corrected chi connectivity index (χ0v) is 19.0.